The van der Waals surface area contributed by atoms with E-state index in [9.17, 15) is 14.7 Å². The van der Waals surface area contributed by atoms with Crippen molar-refractivity contribution in [3.8, 4) is 0 Å². The van der Waals surface area contributed by atoms with Crippen LogP contribution < -0.4 is 5.32 Å². The van der Waals surface area contributed by atoms with Gasteiger partial charge in [0.1, 0.15) is 0 Å². The molecule has 1 fully saturated rings. The largest absolute Gasteiger partial charge is 0.481 e. The molecule has 2 N–H and O–H groups in total. The maximum absolute atomic E-state index is 13.2. The minimum atomic E-state index is -0.931. The van der Waals surface area contributed by atoms with E-state index >= 15 is 0 Å². The number of carbonyl (C=O) groups excluding carboxylic acids is 1. The van der Waals surface area contributed by atoms with E-state index in [2.05, 4.69) is 48.0 Å². The maximum Gasteiger partial charge on any atom is 0.313 e. The molecule has 1 aliphatic carbocycles. The molecule has 1 aliphatic rings. The molecule has 0 spiro atoms. The zero-order chi connectivity index (χ0) is 27.2. The summed E-state index contributed by atoms with van der Waals surface area (Å²) in [4.78, 5) is 24.8. The molecule has 0 unspecified atom stereocenters. The van der Waals surface area contributed by atoms with Crippen LogP contribution in [0.2, 0.25) is 0 Å². The van der Waals surface area contributed by atoms with Crippen LogP contribution in [0.3, 0.4) is 0 Å². The third-order valence-corrected chi connectivity index (χ3v) is 8.26. The van der Waals surface area contributed by atoms with Crippen molar-refractivity contribution in [2.24, 2.45) is 0 Å². The van der Waals surface area contributed by atoms with E-state index < -0.39 is 11.4 Å². The standard InChI is InChI=1S/C33H36N2O3/c1-20-22(3)35(19-23-9-14-28(15-10-23)33(4,5)32(37)38)30-16-13-27(18-29(20)30)31(36)34-21(2)25-7-6-8-26(17-25)24-11-12-24/h6-10,13-18,21,24H,11-12,19H2,1-5H3,(H,34,36)(H,37,38)/t21-/m0/s1. The average Bonchev–Trinajstić information content (AvgIpc) is 3.73. The molecule has 1 saturated carbocycles. The van der Waals surface area contributed by atoms with Crippen molar-refractivity contribution < 1.29 is 14.7 Å². The number of carboxylic acids is 1. The Bertz CT molecular complexity index is 1520. The fraction of sp³-hybridized carbons (Fsp3) is 0.333. The number of hydrogen-bond acceptors (Lipinski definition) is 2. The Hall–Kier alpha value is -3.86. The summed E-state index contributed by atoms with van der Waals surface area (Å²) in [7, 11) is 0. The Morgan fingerprint density at radius 1 is 1.03 bits per heavy atom. The normalized spacial score (nSPS) is 14.4. The molecule has 1 heterocycles. The van der Waals surface area contributed by atoms with Crippen LogP contribution in [-0.2, 0) is 16.8 Å². The summed E-state index contributed by atoms with van der Waals surface area (Å²) in [5, 5.41) is 13.8. The van der Waals surface area contributed by atoms with E-state index in [-0.39, 0.29) is 11.9 Å². The van der Waals surface area contributed by atoms with E-state index in [4.69, 9.17) is 0 Å². The van der Waals surface area contributed by atoms with Crippen LogP contribution in [0.4, 0.5) is 0 Å². The Balaban J connectivity index is 1.36. The average molecular weight is 509 g/mol. The number of nitrogens with one attached hydrogen (secondary N) is 1. The topological polar surface area (TPSA) is 71.3 Å². The lowest BCUT2D eigenvalue weighted by Crippen LogP contribution is -2.28. The first-order valence-electron chi connectivity index (χ1n) is 13.4. The predicted molar refractivity (Wildman–Crippen MR) is 152 cm³/mol. The number of hydrogen-bond donors (Lipinski definition) is 2. The van der Waals surface area contributed by atoms with Crippen molar-refractivity contribution in [3.63, 3.8) is 0 Å². The maximum atomic E-state index is 13.2. The number of rotatable bonds is 8. The number of carboxylic acid groups (broad SMARTS) is 1. The molecule has 4 aromatic rings. The smallest absolute Gasteiger partial charge is 0.313 e. The highest BCUT2D eigenvalue weighted by atomic mass is 16.4. The van der Waals surface area contributed by atoms with Gasteiger partial charge < -0.3 is 15.0 Å². The highest BCUT2D eigenvalue weighted by Gasteiger charge is 2.29. The zero-order valence-electron chi connectivity index (χ0n) is 22.8. The van der Waals surface area contributed by atoms with Crippen molar-refractivity contribution in [3.05, 3.63) is 106 Å². The molecule has 0 radical (unpaired) electrons. The van der Waals surface area contributed by atoms with Crippen LogP contribution in [0.25, 0.3) is 10.9 Å². The molecule has 1 atom stereocenters. The summed E-state index contributed by atoms with van der Waals surface area (Å²) in [5.41, 5.74) is 7.50. The summed E-state index contributed by atoms with van der Waals surface area (Å²) in [6, 6.07) is 22.3. The van der Waals surface area contributed by atoms with Crippen LogP contribution in [0.5, 0.6) is 0 Å². The van der Waals surface area contributed by atoms with Gasteiger partial charge in [-0.15, -0.1) is 0 Å². The van der Waals surface area contributed by atoms with Gasteiger partial charge in [0.2, 0.25) is 0 Å². The molecular weight excluding hydrogens is 472 g/mol. The number of amides is 1. The fourth-order valence-corrected chi connectivity index (χ4v) is 5.19. The summed E-state index contributed by atoms with van der Waals surface area (Å²) >= 11 is 0. The summed E-state index contributed by atoms with van der Waals surface area (Å²) in [5.74, 6) is -0.225. The van der Waals surface area contributed by atoms with Crippen LogP contribution in [0.15, 0.2) is 66.7 Å². The second kappa shape index (κ2) is 9.79. The lowest BCUT2D eigenvalue weighted by molar-refractivity contribution is -0.142. The van der Waals surface area contributed by atoms with E-state index in [1.165, 1.54) is 18.4 Å². The fourth-order valence-electron chi connectivity index (χ4n) is 5.19. The molecule has 0 saturated heterocycles. The van der Waals surface area contributed by atoms with Crippen LogP contribution in [-0.4, -0.2) is 21.6 Å². The first-order chi connectivity index (χ1) is 18.1. The van der Waals surface area contributed by atoms with E-state index in [0.29, 0.717) is 18.0 Å². The molecule has 5 rings (SSSR count). The van der Waals surface area contributed by atoms with Crippen molar-refractivity contribution in [2.75, 3.05) is 0 Å². The Kier molecular flexibility index (Phi) is 6.64. The van der Waals surface area contributed by atoms with Crippen molar-refractivity contribution in [1.29, 1.82) is 0 Å². The molecular formula is C33H36N2O3. The Morgan fingerprint density at radius 3 is 2.39 bits per heavy atom. The summed E-state index contributed by atoms with van der Waals surface area (Å²) in [6.07, 6.45) is 2.52. The van der Waals surface area contributed by atoms with Gasteiger partial charge in [-0.3, -0.25) is 9.59 Å². The number of aliphatic carboxylic acids is 1. The molecule has 196 valence electrons. The highest BCUT2D eigenvalue weighted by Crippen LogP contribution is 2.40. The lowest BCUT2D eigenvalue weighted by Gasteiger charge is -2.20. The Morgan fingerprint density at radius 2 is 1.74 bits per heavy atom. The quantitative estimate of drug-likeness (QED) is 0.268. The number of benzene rings is 3. The molecule has 38 heavy (non-hydrogen) atoms. The summed E-state index contributed by atoms with van der Waals surface area (Å²) in [6.45, 7) is 10.3. The number of carbonyl (C=O) groups is 2. The molecule has 1 aromatic heterocycles. The van der Waals surface area contributed by atoms with Gasteiger partial charge in [0, 0.05) is 28.7 Å². The molecule has 3 aromatic carbocycles. The zero-order valence-corrected chi connectivity index (χ0v) is 22.8. The molecule has 0 bridgehead atoms. The summed E-state index contributed by atoms with van der Waals surface area (Å²) < 4.78 is 2.26. The van der Waals surface area contributed by atoms with Gasteiger partial charge in [-0.2, -0.15) is 0 Å². The van der Waals surface area contributed by atoms with Crippen LogP contribution in [0, 0.1) is 13.8 Å². The second-order valence-electron chi connectivity index (χ2n) is 11.3. The first-order valence-corrected chi connectivity index (χ1v) is 13.4. The van der Waals surface area contributed by atoms with Gasteiger partial charge in [0.15, 0.2) is 0 Å². The van der Waals surface area contributed by atoms with Crippen molar-refractivity contribution in [1.82, 2.24) is 9.88 Å². The van der Waals surface area contributed by atoms with E-state index in [1.54, 1.807) is 13.8 Å². The van der Waals surface area contributed by atoms with Gasteiger partial charge in [-0.1, -0.05) is 48.5 Å². The third kappa shape index (κ3) is 4.85. The number of aryl methyl sites for hydroxylation is 1. The highest BCUT2D eigenvalue weighted by molar-refractivity contribution is 5.99. The predicted octanol–water partition coefficient (Wildman–Crippen LogP) is 7.04. The third-order valence-electron chi connectivity index (χ3n) is 8.26. The van der Waals surface area contributed by atoms with E-state index in [0.717, 1.165) is 38.9 Å². The van der Waals surface area contributed by atoms with E-state index in [1.807, 2.05) is 49.4 Å². The van der Waals surface area contributed by atoms with Crippen molar-refractivity contribution >= 4 is 22.8 Å². The molecule has 1 amide bonds. The second-order valence-corrected chi connectivity index (χ2v) is 11.3. The molecule has 5 heteroatoms. The van der Waals surface area contributed by atoms with Gasteiger partial charge in [-0.05, 0) is 99.4 Å². The van der Waals surface area contributed by atoms with Gasteiger partial charge in [-0.25, -0.2) is 0 Å². The van der Waals surface area contributed by atoms with Crippen LogP contribution in [0.1, 0.15) is 89.4 Å². The van der Waals surface area contributed by atoms with Crippen LogP contribution >= 0.6 is 0 Å². The lowest BCUT2D eigenvalue weighted by atomic mass is 9.84. The van der Waals surface area contributed by atoms with Crippen molar-refractivity contribution in [2.45, 2.75) is 71.4 Å². The SMILES string of the molecule is Cc1c(C)n(Cc2ccc(C(C)(C)C(=O)O)cc2)c2ccc(C(=O)N[C@@H](C)c3cccc(C4CC4)c3)cc12. The first kappa shape index (κ1) is 25.8. The monoisotopic (exact) mass is 508 g/mol. The van der Waals surface area contributed by atoms with Gasteiger partial charge in [0.25, 0.3) is 5.91 Å². The minimum Gasteiger partial charge on any atom is -0.481 e. The minimum absolute atomic E-state index is 0.0709. The number of fused-ring (bicyclic) bond motifs is 1. The Labute approximate surface area is 224 Å². The number of nitrogens with zero attached hydrogens (tertiary/aromatic N) is 1. The van der Waals surface area contributed by atoms with Gasteiger partial charge >= 0.3 is 5.97 Å². The van der Waals surface area contributed by atoms with Gasteiger partial charge in [0.05, 0.1) is 11.5 Å². The number of aromatic nitrogens is 1. The molecule has 0 aliphatic heterocycles. The molecule has 5 nitrogen and oxygen atoms in total.